The highest BCUT2D eigenvalue weighted by molar-refractivity contribution is 5.82. The van der Waals surface area contributed by atoms with Crippen LogP contribution in [-0.4, -0.2) is 18.6 Å². The summed E-state index contributed by atoms with van der Waals surface area (Å²) in [5, 5.41) is 11.9. The number of rotatable bonds is 6. The van der Waals surface area contributed by atoms with Crippen molar-refractivity contribution < 1.29 is 13.9 Å². The average molecular weight is 306 g/mol. The van der Waals surface area contributed by atoms with Gasteiger partial charge in [0, 0.05) is 11.6 Å². The van der Waals surface area contributed by atoms with Crippen LogP contribution in [0.4, 0.5) is 4.39 Å². The van der Waals surface area contributed by atoms with Crippen LogP contribution in [0.5, 0.6) is 0 Å². The van der Waals surface area contributed by atoms with Crippen molar-refractivity contribution in [1.82, 2.24) is 5.32 Å². The molecule has 22 heavy (non-hydrogen) atoms. The minimum absolute atomic E-state index is 0.147. The van der Waals surface area contributed by atoms with Gasteiger partial charge in [-0.05, 0) is 18.4 Å². The first-order valence-corrected chi connectivity index (χ1v) is 7.27. The summed E-state index contributed by atoms with van der Waals surface area (Å²) in [4.78, 5) is 12.1. The molecule has 0 radical (unpaired) electrons. The third kappa shape index (κ3) is 5.45. The lowest BCUT2D eigenvalue weighted by atomic mass is 9.81. The normalized spacial score (nSPS) is 14.0. The lowest BCUT2D eigenvalue weighted by Gasteiger charge is -2.25. The van der Waals surface area contributed by atoms with E-state index in [4.69, 9.17) is 10.00 Å². The highest BCUT2D eigenvalue weighted by Gasteiger charge is 2.31. The predicted molar refractivity (Wildman–Crippen MR) is 82.2 cm³/mol. The van der Waals surface area contributed by atoms with Gasteiger partial charge in [0.05, 0.1) is 19.3 Å². The number of amides is 1. The highest BCUT2D eigenvalue weighted by atomic mass is 19.1. The first kappa shape index (κ1) is 18.1. The molecule has 2 atom stereocenters. The second-order valence-electron chi connectivity index (χ2n) is 6.44. The Bertz CT molecular complexity index is 546. The lowest BCUT2D eigenvalue weighted by Crippen LogP contribution is -2.43. The number of benzene rings is 1. The van der Waals surface area contributed by atoms with Crippen LogP contribution in [-0.2, 0) is 16.1 Å². The molecule has 120 valence electrons. The monoisotopic (exact) mass is 306 g/mol. The van der Waals surface area contributed by atoms with E-state index in [0.29, 0.717) is 5.56 Å². The van der Waals surface area contributed by atoms with Crippen LogP contribution >= 0.6 is 0 Å². The molecule has 0 aliphatic rings. The zero-order valence-corrected chi connectivity index (χ0v) is 13.5. The SMILES string of the molecule is C[C@@H](COCc1ccccc1F)NC(=O)[C@H](C#N)C(C)(C)C. The van der Waals surface area contributed by atoms with E-state index in [1.165, 1.54) is 6.07 Å². The van der Waals surface area contributed by atoms with E-state index in [-0.39, 0.29) is 31.0 Å². The molecule has 1 amide bonds. The van der Waals surface area contributed by atoms with E-state index in [0.717, 1.165) is 0 Å². The maximum Gasteiger partial charge on any atom is 0.238 e. The Morgan fingerprint density at radius 2 is 2.05 bits per heavy atom. The molecule has 0 fully saturated rings. The molecule has 5 heteroatoms. The summed E-state index contributed by atoms with van der Waals surface area (Å²) >= 11 is 0. The zero-order valence-electron chi connectivity index (χ0n) is 13.5. The standard InChI is InChI=1S/C17H23FN2O2/c1-12(20-16(21)14(9-19)17(2,3)4)10-22-11-13-7-5-6-8-15(13)18/h5-8,12,14H,10-11H2,1-4H3,(H,20,21)/t12-,14-/m0/s1. The van der Waals surface area contributed by atoms with Crippen molar-refractivity contribution >= 4 is 5.91 Å². The van der Waals surface area contributed by atoms with Gasteiger partial charge >= 0.3 is 0 Å². The van der Waals surface area contributed by atoms with Crippen molar-refractivity contribution in [1.29, 1.82) is 5.26 Å². The topological polar surface area (TPSA) is 62.1 Å². The number of nitrogens with one attached hydrogen (secondary N) is 1. The Labute approximate surface area is 131 Å². The Morgan fingerprint density at radius 1 is 1.41 bits per heavy atom. The third-order valence-electron chi connectivity index (χ3n) is 3.23. The van der Waals surface area contributed by atoms with Crippen LogP contribution in [0.2, 0.25) is 0 Å². The number of ether oxygens (including phenoxy) is 1. The summed E-state index contributed by atoms with van der Waals surface area (Å²) in [5.74, 6) is -1.34. The van der Waals surface area contributed by atoms with Crippen LogP contribution < -0.4 is 5.32 Å². The van der Waals surface area contributed by atoms with E-state index < -0.39 is 11.3 Å². The molecule has 0 saturated heterocycles. The molecule has 1 N–H and O–H groups in total. The van der Waals surface area contributed by atoms with E-state index in [9.17, 15) is 9.18 Å². The average Bonchev–Trinajstić information content (AvgIpc) is 2.40. The number of nitrogens with zero attached hydrogens (tertiary/aromatic N) is 1. The maximum absolute atomic E-state index is 13.4. The van der Waals surface area contributed by atoms with Gasteiger partial charge in [-0.3, -0.25) is 4.79 Å². The van der Waals surface area contributed by atoms with Crippen molar-refractivity contribution in [3.63, 3.8) is 0 Å². The molecular formula is C17H23FN2O2. The number of nitriles is 1. The summed E-state index contributed by atoms with van der Waals surface area (Å²) < 4.78 is 18.8. The van der Waals surface area contributed by atoms with Gasteiger partial charge in [0.25, 0.3) is 0 Å². The van der Waals surface area contributed by atoms with Gasteiger partial charge in [-0.25, -0.2) is 4.39 Å². The molecule has 0 heterocycles. The van der Waals surface area contributed by atoms with Crippen molar-refractivity contribution in [2.24, 2.45) is 11.3 Å². The quantitative estimate of drug-likeness (QED) is 0.878. The van der Waals surface area contributed by atoms with Crippen molar-refractivity contribution in [3.8, 4) is 6.07 Å². The number of halogens is 1. The fourth-order valence-corrected chi connectivity index (χ4v) is 1.97. The van der Waals surface area contributed by atoms with Crippen LogP contribution in [0.15, 0.2) is 24.3 Å². The Kier molecular flexibility index (Phi) is 6.51. The van der Waals surface area contributed by atoms with Gasteiger partial charge in [-0.1, -0.05) is 39.0 Å². The lowest BCUT2D eigenvalue weighted by molar-refractivity contribution is -0.127. The smallest absolute Gasteiger partial charge is 0.238 e. The largest absolute Gasteiger partial charge is 0.375 e. The van der Waals surface area contributed by atoms with Gasteiger partial charge in [-0.2, -0.15) is 5.26 Å². The molecule has 0 saturated carbocycles. The Balaban J connectivity index is 2.44. The van der Waals surface area contributed by atoms with Crippen LogP contribution in [0.3, 0.4) is 0 Å². The van der Waals surface area contributed by atoms with Crippen molar-refractivity contribution in [2.45, 2.75) is 40.3 Å². The van der Waals surface area contributed by atoms with E-state index in [1.807, 2.05) is 26.8 Å². The summed E-state index contributed by atoms with van der Waals surface area (Å²) in [6.45, 7) is 7.73. The Hall–Kier alpha value is -1.93. The van der Waals surface area contributed by atoms with Gasteiger partial charge in [0.1, 0.15) is 11.7 Å². The number of carbonyl (C=O) groups is 1. The fourth-order valence-electron chi connectivity index (χ4n) is 1.97. The molecule has 1 rings (SSSR count). The Morgan fingerprint density at radius 3 is 2.59 bits per heavy atom. The number of carbonyl (C=O) groups excluding carboxylic acids is 1. The molecule has 1 aromatic carbocycles. The molecule has 0 aliphatic carbocycles. The first-order chi connectivity index (χ1) is 10.3. The van der Waals surface area contributed by atoms with Gasteiger partial charge < -0.3 is 10.1 Å². The minimum Gasteiger partial charge on any atom is -0.375 e. The van der Waals surface area contributed by atoms with Gasteiger partial charge in [0.15, 0.2) is 0 Å². The molecule has 0 spiro atoms. The highest BCUT2D eigenvalue weighted by Crippen LogP contribution is 2.25. The second kappa shape index (κ2) is 7.90. The molecule has 0 bridgehead atoms. The minimum atomic E-state index is -0.721. The van der Waals surface area contributed by atoms with E-state index in [2.05, 4.69) is 5.32 Å². The molecule has 4 nitrogen and oxygen atoms in total. The molecule has 0 aliphatic heterocycles. The van der Waals surface area contributed by atoms with Crippen molar-refractivity contribution in [3.05, 3.63) is 35.6 Å². The molecular weight excluding hydrogens is 283 g/mol. The van der Waals surface area contributed by atoms with Gasteiger partial charge in [-0.15, -0.1) is 0 Å². The third-order valence-corrected chi connectivity index (χ3v) is 3.23. The molecule has 1 aromatic rings. The van der Waals surface area contributed by atoms with E-state index >= 15 is 0 Å². The summed E-state index contributed by atoms with van der Waals surface area (Å²) in [7, 11) is 0. The number of hydrogen-bond donors (Lipinski definition) is 1. The van der Waals surface area contributed by atoms with Crippen LogP contribution in [0.25, 0.3) is 0 Å². The number of hydrogen-bond acceptors (Lipinski definition) is 3. The van der Waals surface area contributed by atoms with E-state index in [1.54, 1.807) is 25.1 Å². The fraction of sp³-hybridized carbons (Fsp3) is 0.529. The van der Waals surface area contributed by atoms with Gasteiger partial charge in [0.2, 0.25) is 5.91 Å². The van der Waals surface area contributed by atoms with Crippen LogP contribution in [0.1, 0.15) is 33.3 Å². The molecule has 0 aromatic heterocycles. The predicted octanol–water partition coefficient (Wildman–Crippen LogP) is 3.03. The zero-order chi connectivity index (χ0) is 16.8. The first-order valence-electron chi connectivity index (χ1n) is 7.27. The van der Waals surface area contributed by atoms with Crippen molar-refractivity contribution in [2.75, 3.05) is 6.61 Å². The summed E-state index contributed by atoms with van der Waals surface area (Å²) in [5.41, 5.74) is 0.0534. The molecule has 0 unspecified atom stereocenters. The summed E-state index contributed by atoms with van der Waals surface area (Å²) in [6.07, 6.45) is 0. The summed E-state index contributed by atoms with van der Waals surface area (Å²) in [6, 6.07) is 8.18. The van der Waals surface area contributed by atoms with Crippen LogP contribution in [0, 0.1) is 28.5 Å². The maximum atomic E-state index is 13.4. The second-order valence-corrected chi connectivity index (χ2v) is 6.44.